The first-order valence-electron chi connectivity index (χ1n) is 12.3. The van der Waals surface area contributed by atoms with Crippen LogP contribution >= 0.6 is 0 Å². The summed E-state index contributed by atoms with van der Waals surface area (Å²) in [7, 11) is 3.78. The molecule has 0 atom stereocenters. The predicted octanol–water partition coefficient (Wildman–Crippen LogP) is 3.80. The van der Waals surface area contributed by atoms with Crippen LogP contribution in [0.4, 0.5) is 0 Å². The Bertz CT molecular complexity index is 1700. The van der Waals surface area contributed by atoms with Crippen LogP contribution < -0.4 is 0 Å². The van der Waals surface area contributed by atoms with Crippen LogP contribution in [-0.4, -0.2) is 72.1 Å². The number of carbonyl (C=O) groups excluding carboxylic acids is 4. The van der Waals surface area contributed by atoms with Crippen molar-refractivity contribution in [2.24, 2.45) is 0 Å². The summed E-state index contributed by atoms with van der Waals surface area (Å²) in [5.74, 6) is 4.65. The minimum atomic E-state index is -0.375. The Kier molecular flexibility index (Phi) is 5.55. The van der Waals surface area contributed by atoms with Gasteiger partial charge in [-0.2, -0.15) is 0 Å². The molecule has 0 saturated carbocycles. The van der Waals surface area contributed by atoms with Crippen molar-refractivity contribution < 1.29 is 19.2 Å². The van der Waals surface area contributed by atoms with Crippen molar-refractivity contribution in [1.29, 1.82) is 0 Å². The summed E-state index contributed by atoms with van der Waals surface area (Å²) in [6.45, 7) is 0.789. The SMILES string of the molecule is CN(C)CCN1C(=O)c2cccc3c(C#CCN4C(=O)c5cccc6cccc(c56)C4=O)ccc(c23)C1=O. The molecule has 0 radical (unpaired) electrons. The van der Waals surface area contributed by atoms with Gasteiger partial charge in [-0.1, -0.05) is 48.2 Å². The van der Waals surface area contributed by atoms with Crippen LogP contribution in [0.15, 0.2) is 66.7 Å². The molecule has 0 bridgehead atoms. The van der Waals surface area contributed by atoms with Crippen LogP contribution in [0.1, 0.15) is 47.0 Å². The van der Waals surface area contributed by atoms with Crippen molar-refractivity contribution in [2.45, 2.75) is 0 Å². The van der Waals surface area contributed by atoms with Crippen molar-refractivity contribution in [3.8, 4) is 11.8 Å². The van der Waals surface area contributed by atoms with Gasteiger partial charge in [0.1, 0.15) is 0 Å². The Hall–Kier alpha value is -4.80. The van der Waals surface area contributed by atoms with E-state index in [-0.39, 0.29) is 30.2 Å². The van der Waals surface area contributed by atoms with Crippen molar-refractivity contribution in [3.05, 3.63) is 94.5 Å². The van der Waals surface area contributed by atoms with E-state index in [0.717, 1.165) is 10.3 Å². The molecule has 0 N–H and O–H groups in total. The van der Waals surface area contributed by atoms with Crippen molar-refractivity contribution in [2.75, 3.05) is 33.7 Å². The molecule has 2 aliphatic heterocycles. The molecule has 4 aromatic carbocycles. The molecular formula is C31H23N3O4. The average molecular weight is 502 g/mol. The minimum Gasteiger partial charge on any atom is -0.308 e. The molecule has 4 aromatic rings. The van der Waals surface area contributed by atoms with Crippen molar-refractivity contribution in [1.82, 2.24) is 14.7 Å². The van der Waals surface area contributed by atoms with E-state index in [1.807, 2.05) is 37.2 Å². The lowest BCUT2D eigenvalue weighted by Gasteiger charge is -2.28. The molecule has 4 amide bonds. The van der Waals surface area contributed by atoms with E-state index >= 15 is 0 Å². The predicted molar refractivity (Wildman–Crippen MR) is 144 cm³/mol. The summed E-state index contributed by atoms with van der Waals surface area (Å²) in [4.78, 5) is 57.0. The third kappa shape index (κ3) is 3.58. The number of hydrogen-bond acceptors (Lipinski definition) is 5. The summed E-state index contributed by atoms with van der Waals surface area (Å²) in [5, 5.41) is 2.79. The Morgan fingerprint density at radius 2 is 1.21 bits per heavy atom. The molecule has 0 aromatic heterocycles. The van der Waals surface area contributed by atoms with Crippen LogP contribution in [0.5, 0.6) is 0 Å². The molecule has 0 aliphatic carbocycles. The number of amides is 4. The van der Waals surface area contributed by atoms with Crippen LogP contribution in [0, 0.1) is 11.8 Å². The molecule has 2 aliphatic rings. The maximum absolute atomic E-state index is 13.2. The molecule has 0 fully saturated rings. The topological polar surface area (TPSA) is 78.0 Å². The summed E-state index contributed by atoms with van der Waals surface area (Å²) >= 11 is 0. The lowest BCUT2D eigenvalue weighted by Crippen LogP contribution is -2.43. The lowest BCUT2D eigenvalue weighted by molar-refractivity contribution is 0.0594. The third-order valence-electron chi connectivity index (χ3n) is 7.08. The average Bonchev–Trinajstić information content (AvgIpc) is 2.92. The van der Waals surface area contributed by atoms with Gasteiger partial charge in [-0.3, -0.25) is 29.0 Å². The number of imide groups is 2. The largest absolute Gasteiger partial charge is 0.308 e. The summed E-state index contributed by atoms with van der Waals surface area (Å²) in [6.07, 6.45) is 0. The Morgan fingerprint density at radius 1 is 0.658 bits per heavy atom. The number of hydrogen-bond donors (Lipinski definition) is 0. The van der Waals surface area contributed by atoms with Crippen LogP contribution in [0.25, 0.3) is 21.5 Å². The second kappa shape index (κ2) is 8.94. The first-order chi connectivity index (χ1) is 18.4. The van der Waals surface area contributed by atoms with Gasteiger partial charge in [-0.25, -0.2) is 0 Å². The number of likely N-dealkylation sites (N-methyl/N-ethyl adjacent to an activating group) is 1. The highest BCUT2D eigenvalue weighted by atomic mass is 16.2. The van der Waals surface area contributed by atoms with Gasteiger partial charge in [0, 0.05) is 51.7 Å². The summed E-state index contributed by atoms with van der Waals surface area (Å²) in [5.41, 5.74) is 2.51. The van der Waals surface area contributed by atoms with E-state index in [9.17, 15) is 19.2 Å². The summed E-state index contributed by atoms with van der Waals surface area (Å²) < 4.78 is 0. The van der Waals surface area contributed by atoms with E-state index in [0.29, 0.717) is 57.1 Å². The zero-order valence-corrected chi connectivity index (χ0v) is 20.9. The van der Waals surface area contributed by atoms with Gasteiger partial charge in [0.2, 0.25) is 0 Å². The van der Waals surface area contributed by atoms with Crippen LogP contribution in [0.2, 0.25) is 0 Å². The molecule has 186 valence electrons. The number of benzene rings is 4. The highest BCUT2D eigenvalue weighted by molar-refractivity contribution is 6.26. The van der Waals surface area contributed by atoms with Gasteiger partial charge in [-0.15, -0.1) is 0 Å². The lowest BCUT2D eigenvalue weighted by atomic mass is 9.91. The van der Waals surface area contributed by atoms with E-state index in [2.05, 4.69) is 11.8 Å². The van der Waals surface area contributed by atoms with E-state index in [1.165, 1.54) is 4.90 Å². The van der Waals surface area contributed by atoms with Crippen molar-refractivity contribution in [3.63, 3.8) is 0 Å². The highest BCUT2D eigenvalue weighted by Gasteiger charge is 2.34. The zero-order valence-electron chi connectivity index (χ0n) is 20.9. The van der Waals surface area contributed by atoms with Gasteiger partial charge >= 0.3 is 0 Å². The molecule has 2 heterocycles. The quantitative estimate of drug-likeness (QED) is 0.314. The smallest absolute Gasteiger partial charge is 0.262 e. The molecule has 0 spiro atoms. The van der Waals surface area contributed by atoms with E-state index in [4.69, 9.17) is 0 Å². The Morgan fingerprint density at radius 3 is 1.84 bits per heavy atom. The first kappa shape index (κ1) is 23.6. The Balaban J connectivity index is 1.33. The highest BCUT2D eigenvalue weighted by Crippen LogP contribution is 2.32. The molecule has 0 saturated heterocycles. The summed E-state index contributed by atoms with van der Waals surface area (Å²) in [6, 6.07) is 19.6. The second-order valence-electron chi connectivity index (χ2n) is 9.66. The van der Waals surface area contributed by atoms with E-state index < -0.39 is 0 Å². The molecule has 38 heavy (non-hydrogen) atoms. The second-order valence-corrected chi connectivity index (χ2v) is 9.66. The zero-order chi connectivity index (χ0) is 26.6. The number of nitrogens with zero attached hydrogens (tertiary/aromatic N) is 3. The molecule has 7 heteroatoms. The standard InChI is InChI=1S/C31H23N3O4/c1-32(2)17-18-34-30(37)24-13-5-10-21-19(14-15-25(27(21)24)31(34)38)9-6-16-33-28(35)22-11-3-7-20-8-4-12-23(26(20)22)29(33)36/h3-5,7-8,10-15H,16-18H2,1-2H3. The Labute approximate surface area is 219 Å². The van der Waals surface area contributed by atoms with Gasteiger partial charge in [0.15, 0.2) is 0 Å². The number of carbonyl (C=O) groups is 4. The fourth-order valence-corrected chi connectivity index (χ4v) is 5.20. The molecule has 0 unspecified atom stereocenters. The minimum absolute atomic E-state index is 0.0818. The molecule has 7 nitrogen and oxygen atoms in total. The van der Waals surface area contributed by atoms with Gasteiger partial charge < -0.3 is 4.90 Å². The third-order valence-corrected chi connectivity index (χ3v) is 7.08. The normalized spacial score (nSPS) is 14.5. The first-order valence-corrected chi connectivity index (χ1v) is 12.3. The van der Waals surface area contributed by atoms with Crippen LogP contribution in [0.3, 0.4) is 0 Å². The molecular weight excluding hydrogens is 478 g/mol. The monoisotopic (exact) mass is 501 g/mol. The number of rotatable bonds is 4. The van der Waals surface area contributed by atoms with Gasteiger partial charge in [-0.05, 0) is 55.2 Å². The maximum Gasteiger partial charge on any atom is 0.262 e. The fourth-order valence-electron chi connectivity index (χ4n) is 5.20. The fraction of sp³-hybridized carbons (Fsp3) is 0.161. The molecule has 6 rings (SSSR count). The van der Waals surface area contributed by atoms with Gasteiger partial charge in [0.05, 0.1) is 6.54 Å². The van der Waals surface area contributed by atoms with Gasteiger partial charge in [0.25, 0.3) is 23.6 Å². The maximum atomic E-state index is 13.2. The van der Waals surface area contributed by atoms with Crippen LogP contribution in [-0.2, 0) is 0 Å². The van der Waals surface area contributed by atoms with Crippen molar-refractivity contribution >= 4 is 45.2 Å². The van der Waals surface area contributed by atoms with E-state index in [1.54, 1.807) is 48.5 Å².